The summed E-state index contributed by atoms with van der Waals surface area (Å²) in [5.74, 6) is 0. The molecule has 0 radical (unpaired) electrons. The van der Waals surface area contributed by atoms with Crippen LogP contribution in [0.1, 0.15) is 66.2 Å². The average molecular weight is 202 g/mol. The van der Waals surface area contributed by atoms with Gasteiger partial charge in [0, 0.05) is 10.5 Å². The van der Waals surface area contributed by atoms with Crippen molar-refractivity contribution < 1.29 is 0 Å². The normalized spacial score (nSPS) is 15.7. The third-order valence-electron chi connectivity index (χ3n) is 2.39. The van der Waals surface area contributed by atoms with Crippen LogP contribution in [0.5, 0.6) is 0 Å². The summed E-state index contributed by atoms with van der Waals surface area (Å²) in [7, 11) is 0. The van der Waals surface area contributed by atoms with Crippen molar-refractivity contribution in [2.45, 2.75) is 76.7 Å². The zero-order valence-corrected chi connectivity index (χ0v) is 10.6. The molecule has 0 aliphatic heterocycles. The van der Waals surface area contributed by atoms with E-state index < -0.39 is 0 Å². The van der Waals surface area contributed by atoms with E-state index in [4.69, 9.17) is 0 Å². The van der Waals surface area contributed by atoms with E-state index in [1.165, 1.54) is 38.5 Å². The Bertz CT molecular complexity index is 89.3. The first kappa shape index (κ1) is 13.4. The predicted molar refractivity (Wildman–Crippen MR) is 65.6 cm³/mol. The molecular formula is C12H26S. The summed E-state index contributed by atoms with van der Waals surface area (Å²) < 4.78 is 0. The molecule has 0 N–H and O–H groups in total. The molecule has 0 aromatic heterocycles. The van der Waals surface area contributed by atoms with Crippen LogP contribution in [0.25, 0.3) is 0 Å². The molecule has 0 fully saturated rings. The summed E-state index contributed by atoms with van der Waals surface area (Å²) in [5, 5.41) is 1.73. The monoisotopic (exact) mass is 202 g/mol. The van der Waals surface area contributed by atoms with Gasteiger partial charge >= 0.3 is 0 Å². The number of hydrogen-bond acceptors (Lipinski definition) is 1. The molecule has 0 aromatic rings. The van der Waals surface area contributed by atoms with E-state index in [0.717, 1.165) is 10.5 Å². The van der Waals surface area contributed by atoms with Gasteiger partial charge in [0.2, 0.25) is 0 Å². The van der Waals surface area contributed by atoms with E-state index in [-0.39, 0.29) is 0 Å². The van der Waals surface area contributed by atoms with E-state index in [1.807, 2.05) is 0 Å². The number of unbranched alkanes of at least 4 members (excludes halogenated alkanes) is 2. The topological polar surface area (TPSA) is 0 Å². The van der Waals surface area contributed by atoms with Crippen molar-refractivity contribution in [2.24, 2.45) is 0 Å². The van der Waals surface area contributed by atoms with Gasteiger partial charge in [-0.05, 0) is 12.8 Å². The highest BCUT2D eigenvalue weighted by Crippen LogP contribution is 2.24. The molecule has 2 atom stereocenters. The van der Waals surface area contributed by atoms with Crippen LogP contribution in [0.4, 0.5) is 0 Å². The van der Waals surface area contributed by atoms with Crippen LogP contribution >= 0.6 is 11.8 Å². The lowest BCUT2D eigenvalue weighted by Crippen LogP contribution is -2.04. The Balaban J connectivity index is 3.35. The van der Waals surface area contributed by atoms with Crippen molar-refractivity contribution in [3.63, 3.8) is 0 Å². The van der Waals surface area contributed by atoms with E-state index in [1.54, 1.807) is 0 Å². The minimum atomic E-state index is 0.867. The van der Waals surface area contributed by atoms with Crippen molar-refractivity contribution in [1.29, 1.82) is 0 Å². The summed E-state index contributed by atoms with van der Waals surface area (Å²) in [6.45, 7) is 9.31. The molecule has 2 unspecified atom stereocenters. The van der Waals surface area contributed by atoms with Gasteiger partial charge < -0.3 is 0 Å². The van der Waals surface area contributed by atoms with Crippen molar-refractivity contribution >= 4 is 11.8 Å². The molecule has 0 saturated heterocycles. The molecule has 80 valence electrons. The standard InChI is InChI=1S/C12H26S/c1-5-7-9-11(3)13-12(4)10-8-6-2/h11-12H,5-10H2,1-4H3. The smallest absolute Gasteiger partial charge is 0.00213 e. The summed E-state index contributed by atoms with van der Waals surface area (Å²) >= 11 is 2.18. The Morgan fingerprint density at radius 3 is 1.54 bits per heavy atom. The third-order valence-corrected chi connectivity index (χ3v) is 3.79. The fourth-order valence-electron chi connectivity index (χ4n) is 1.52. The third kappa shape index (κ3) is 8.67. The quantitative estimate of drug-likeness (QED) is 0.541. The van der Waals surface area contributed by atoms with Crippen LogP contribution in [-0.2, 0) is 0 Å². The Labute approximate surface area is 88.9 Å². The average Bonchev–Trinajstić information content (AvgIpc) is 2.11. The van der Waals surface area contributed by atoms with Crippen LogP contribution in [0, 0.1) is 0 Å². The van der Waals surface area contributed by atoms with Crippen LogP contribution in [0.3, 0.4) is 0 Å². The van der Waals surface area contributed by atoms with E-state index in [9.17, 15) is 0 Å². The van der Waals surface area contributed by atoms with Crippen LogP contribution in [-0.4, -0.2) is 10.5 Å². The first-order valence-electron chi connectivity index (χ1n) is 5.86. The maximum Gasteiger partial charge on any atom is 0.00213 e. The summed E-state index contributed by atoms with van der Waals surface area (Å²) in [4.78, 5) is 0. The second kappa shape index (κ2) is 8.93. The zero-order valence-electron chi connectivity index (χ0n) is 9.81. The molecule has 0 spiro atoms. The lowest BCUT2D eigenvalue weighted by molar-refractivity contribution is 0.691. The van der Waals surface area contributed by atoms with Crippen molar-refractivity contribution in [3.8, 4) is 0 Å². The van der Waals surface area contributed by atoms with Gasteiger partial charge in [-0.2, -0.15) is 11.8 Å². The van der Waals surface area contributed by atoms with Crippen LogP contribution in [0.2, 0.25) is 0 Å². The van der Waals surface area contributed by atoms with E-state index in [0.29, 0.717) is 0 Å². The molecule has 0 aliphatic rings. The summed E-state index contributed by atoms with van der Waals surface area (Å²) in [6.07, 6.45) is 8.28. The molecule has 0 amide bonds. The second-order valence-electron chi connectivity index (χ2n) is 4.04. The Morgan fingerprint density at radius 2 is 1.23 bits per heavy atom. The second-order valence-corrected chi connectivity index (χ2v) is 5.92. The maximum atomic E-state index is 2.38. The molecule has 0 aliphatic carbocycles. The Hall–Kier alpha value is 0.350. The highest BCUT2D eigenvalue weighted by atomic mass is 32.2. The zero-order chi connectivity index (χ0) is 10.1. The van der Waals surface area contributed by atoms with Gasteiger partial charge in [0.1, 0.15) is 0 Å². The van der Waals surface area contributed by atoms with E-state index in [2.05, 4.69) is 39.5 Å². The number of rotatable bonds is 8. The number of hydrogen-bond donors (Lipinski definition) is 0. The lowest BCUT2D eigenvalue weighted by Gasteiger charge is -2.16. The summed E-state index contributed by atoms with van der Waals surface area (Å²) in [5.41, 5.74) is 0. The molecule has 13 heavy (non-hydrogen) atoms. The highest BCUT2D eigenvalue weighted by molar-refractivity contribution is 8.00. The van der Waals surface area contributed by atoms with Crippen molar-refractivity contribution in [3.05, 3.63) is 0 Å². The summed E-state index contributed by atoms with van der Waals surface area (Å²) in [6, 6.07) is 0. The van der Waals surface area contributed by atoms with Gasteiger partial charge in [-0.25, -0.2) is 0 Å². The molecule has 0 aromatic carbocycles. The fraction of sp³-hybridized carbons (Fsp3) is 1.00. The first-order valence-corrected chi connectivity index (χ1v) is 6.80. The molecule has 0 heterocycles. The minimum absolute atomic E-state index is 0.867. The first-order chi connectivity index (χ1) is 6.20. The van der Waals surface area contributed by atoms with Gasteiger partial charge in [-0.3, -0.25) is 0 Å². The van der Waals surface area contributed by atoms with Crippen molar-refractivity contribution in [1.82, 2.24) is 0 Å². The SMILES string of the molecule is CCCCC(C)SC(C)CCCC. The largest absolute Gasteiger partial charge is 0.156 e. The van der Waals surface area contributed by atoms with Crippen LogP contribution < -0.4 is 0 Å². The lowest BCUT2D eigenvalue weighted by atomic mass is 10.2. The molecule has 0 saturated carbocycles. The van der Waals surface area contributed by atoms with Gasteiger partial charge in [-0.1, -0.05) is 53.4 Å². The number of thioether (sulfide) groups is 1. The predicted octanol–water partition coefficient (Wildman–Crippen LogP) is 4.88. The Kier molecular flexibility index (Phi) is 9.17. The Morgan fingerprint density at radius 1 is 0.846 bits per heavy atom. The van der Waals surface area contributed by atoms with Crippen molar-refractivity contribution in [2.75, 3.05) is 0 Å². The highest BCUT2D eigenvalue weighted by Gasteiger charge is 2.07. The molecule has 0 rings (SSSR count). The van der Waals surface area contributed by atoms with Gasteiger partial charge in [-0.15, -0.1) is 0 Å². The molecule has 0 bridgehead atoms. The molecular weight excluding hydrogens is 176 g/mol. The van der Waals surface area contributed by atoms with Gasteiger partial charge in [0.25, 0.3) is 0 Å². The van der Waals surface area contributed by atoms with Gasteiger partial charge in [0.15, 0.2) is 0 Å². The van der Waals surface area contributed by atoms with Crippen LogP contribution in [0.15, 0.2) is 0 Å². The van der Waals surface area contributed by atoms with E-state index >= 15 is 0 Å². The van der Waals surface area contributed by atoms with Gasteiger partial charge in [0.05, 0.1) is 0 Å². The fourth-order valence-corrected chi connectivity index (χ4v) is 2.91. The molecule has 1 heteroatoms. The minimum Gasteiger partial charge on any atom is -0.156 e. The maximum absolute atomic E-state index is 2.38. The molecule has 0 nitrogen and oxygen atoms in total.